The fourth-order valence-corrected chi connectivity index (χ4v) is 2.43. The number of hydrogen-bond acceptors (Lipinski definition) is 5. The number of sulfone groups is 1. The van der Waals surface area contributed by atoms with Crippen molar-refractivity contribution in [3.8, 4) is 0 Å². The summed E-state index contributed by atoms with van der Waals surface area (Å²) in [4.78, 5) is 10.4. The van der Waals surface area contributed by atoms with Crippen molar-refractivity contribution >= 4 is 21.2 Å². The van der Waals surface area contributed by atoms with Crippen LogP contribution in [-0.2, 0) is 9.84 Å². The third-order valence-electron chi connectivity index (χ3n) is 3.06. The molecule has 0 radical (unpaired) electrons. The first kappa shape index (κ1) is 12.8. The molecule has 0 unspecified atom stereocenters. The quantitative estimate of drug-likeness (QED) is 0.667. The highest BCUT2D eigenvalue weighted by Crippen LogP contribution is 2.31. The van der Waals surface area contributed by atoms with Crippen molar-refractivity contribution in [1.82, 2.24) is 0 Å². The minimum Gasteiger partial charge on any atom is -0.377 e. The Morgan fingerprint density at radius 2 is 2.06 bits per heavy atom. The Kier molecular flexibility index (Phi) is 3.25. The lowest BCUT2D eigenvalue weighted by atomic mass is 9.93. The topological polar surface area (TPSA) is 89.3 Å². The average Bonchev–Trinajstić information content (AvgIpc) is 2.21. The monoisotopic (exact) mass is 270 g/mol. The van der Waals surface area contributed by atoms with E-state index in [0.29, 0.717) is 5.69 Å². The molecule has 98 valence electrons. The van der Waals surface area contributed by atoms with Gasteiger partial charge in [-0.05, 0) is 31.4 Å². The molecule has 18 heavy (non-hydrogen) atoms. The molecule has 0 atom stereocenters. The molecule has 6 nitrogen and oxygen atoms in total. The van der Waals surface area contributed by atoms with E-state index >= 15 is 0 Å². The number of nitro benzene ring substituents is 1. The van der Waals surface area contributed by atoms with Gasteiger partial charge < -0.3 is 5.32 Å². The zero-order valence-corrected chi connectivity index (χ0v) is 10.7. The molecule has 0 spiro atoms. The second-order valence-corrected chi connectivity index (χ2v) is 6.50. The van der Waals surface area contributed by atoms with Crippen molar-refractivity contribution in [2.24, 2.45) is 0 Å². The standard InChI is InChI=1S/C11H14N2O4S/c1-18(16,17)9-5-6-10(11(7-9)13(14)15)12-8-3-2-4-8/h5-8,12H,2-4H2,1H3. The molecule has 0 bridgehead atoms. The van der Waals surface area contributed by atoms with Gasteiger partial charge in [-0.3, -0.25) is 10.1 Å². The number of rotatable bonds is 4. The number of anilines is 1. The third-order valence-corrected chi connectivity index (χ3v) is 4.17. The van der Waals surface area contributed by atoms with Crippen molar-refractivity contribution in [2.75, 3.05) is 11.6 Å². The lowest BCUT2D eigenvalue weighted by Gasteiger charge is -2.27. The third kappa shape index (κ3) is 2.61. The van der Waals surface area contributed by atoms with Gasteiger partial charge in [-0.25, -0.2) is 8.42 Å². The van der Waals surface area contributed by atoms with Crippen molar-refractivity contribution in [3.05, 3.63) is 28.3 Å². The van der Waals surface area contributed by atoms with Crippen molar-refractivity contribution in [2.45, 2.75) is 30.2 Å². The molecule has 1 aliphatic carbocycles. The first-order valence-corrected chi connectivity index (χ1v) is 7.52. The summed E-state index contributed by atoms with van der Waals surface area (Å²) >= 11 is 0. The summed E-state index contributed by atoms with van der Waals surface area (Å²) in [7, 11) is -3.43. The Morgan fingerprint density at radius 3 is 2.50 bits per heavy atom. The van der Waals surface area contributed by atoms with Crippen LogP contribution in [0, 0.1) is 10.1 Å². The molecule has 1 aromatic carbocycles. The SMILES string of the molecule is CS(=O)(=O)c1ccc(NC2CCC2)c([N+](=O)[O-])c1. The van der Waals surface area contributed by atoms with Gasteiger partial charge in [-0.15, -0.1) is 0 Å². The van der Waals surface area contributed by atoms with Gasteiger partial charge in [-0.2, -0.15) is 0 Å². The molecule has 0 saturated heterocycles. The minimum atomic E-state index is -3.43. The van der Waals surface area contributed by atoms with E-state index in [0.717, 1.165) is 31.6 Å². The summed E-state index contributed by atoms with van der Waals surface area (Å²) in [5.74, 6) is 0. The number of nitro groups is 1. The van der Waals surface area contributed by atoms with E-state index in [-0.39, 0.29) is 16.6 Å². The molecule has 2 rings (SSSR count). The molecule has 0 aromatic heterocycles. The summed E-state index contributed by atoms with van der Waals surface area (Å²) < 4.78 is 22.7. The zero-order chi connectivity index (χ0) is 13.3. The van der Waals surface area contributed by atoms with E-state index in [1.54, 1.807) is 0 Å². The van der Waals surface area contributed by atoms with Gasteiger partial charge in [0, 0.05) is 18.4 Å². The van der Waals surface area contributed by atoms with E-state index in [9.17, 15) is 18.5 Å². The van der Waals surface area contributed by atoms with Gasteiger partial charge >= 0.3 is 0 Å². The molecule has 7 heteroatoms. The predicted molar refractivity (Wildman–Crippen MR) is 67.5 cm³/mol. The number of hydrogen-bond donors (Lipinski definition) is 1. The van der Waals surface area contributed by atoms with Gasteiger partial charge in [-0.1, -0.05) is 0 Å². The first-order valence-electron chi connectivity index (χ1n) is 5.63. The van der Waals surface area contributed by atoms with Crippen LogP contribution in [-0.4, -0.2) is 25.6 Å². The van der Waals surface area contributed by atoms with Crippen LogP contribution in [0.5, 0.6) is 0 Å². The lowest BCUT2D eigenvalue weighted by molar-refractivity contribution is -0.384. The Bertz CT molecular complexity index is 579. The molecular formula is C11H14N2O4S. The van der Waals surface area contributed by atoms with E-state index in [2.05, 4.69) is 5.32 Å². The maximum atomic E-state index is 11.4. The maximum Gasteiger partial charge on any atom is 0.293 e. The molecular weight excluding hydrogens is 256 g/mol. The number of nitrogens with zero attached hydrogens (tertiary/aromatic N) is 1. The maximum absolute atomic E-state index is 11.4. The molecule has 0 heterocycles. The average molecular weight is 270 g/mol. The van der Waals surface area contributed by atoms with Gasteiger partial charge in [0.1, 0.15) is 5.69 Å². The summed E-state index contributed by atoms with van der Waals surface area (Å²) in [5.41, 5.74) is 0.196. The number of nitrogens with one attached hydrogen (secondary N) is 1. The summed E-state index contributed by atoms with van der Waals surface area (Å²) in [6, 6.07) is 4.22. The lowest BCUT2D eigenvalue weighted by Crippen LogP contribution is -2.27. The van der Waals surface area contributed by atoms with Gasteiger partial charge in [0.05, 0.1) is 9.82 Å². The van der Waals surface area contributed by atoms with Crippen molar-refractivity contribution in [1.29, 1.82) is 0 Å². The fraction of sp³-hybridized carbons (Fsp3) is 0.455. The largest absolute Gasteiger partial charge is 0.377 e. The van der Waals surface area contributed by atoms with Crippen LogP contribution < -0.4 is 5.32 Å². The van der Waals surface area contributed by atoms with E-state index in [4.69, 9.17) is 0 Å². The molecule has 1 fully saturated rings. The molecule has 1 N–H and O–H groups in total. The predicted octanol–water partition coefficient (Wildman–Crippen LogP) is 1.96. The Morgan fingerprint density at radius 1 is 1.39 bits per heavy atom. The normalized spacial score (nSPS) is 16.1. The van der Waals surface area contributed by atoms with Crippen LogP contribution >= 0.6 is 0 Å². The van der Waals surface area contributed by atoms with Crippen LogP contribution in [0.25, 0.3) is 0 Å². The zero-order valence-electron chi connectivity index (χ0n) is 9.92. The second-order valence-electron chi connectivity index (χ2n) is 4.48. The highest BCUT2D eigenvalue weighted by atomic mass is 32.2. The fourth-order valence-electron chi connectivity index (χ4n) is 1.79. The van der Waals surface area contributed by atoms with Crippen molar-refractivity contribution in [3.63, 3.8) is 0 Å². The smallest absolute Gasteiger partial charge is 0.293 e. The molecule has 1 saturated carbocycles. The van der Waals surface area contributed by atoms with E-state index < -0.39 is 14.8 Å². The molecule has 0 amide bonds. The molecule has 0 aliphatic heterocycles. The molecule has 1 aliphatic rings. The minimum absolute atomic E-state index is 0.0339. The van der Waals surface area contributed by atoms with E-state index in [1.807, 2.05) is 0 Å². The highest BCUT2D eigenvalue weighted by Gasteiger charge is 2.23. The number of benzene rings is 1. The summed E-state index contributed by atoms with van der Waals surface area (Å²) in [5, 5.41) is 14.0. The van der Waals surface area contributed by atoms with Gasteiger partial charge in [0.15, 0.2) is 9.84 Å². The van der Waals surface area contributed by atoms with Crippen molar-refractivity contribution < 1.29 is 13.3 Å². The molecule has 1 aromatic rings. The van der Waals surface area contributed by atoms with Crippen LogP contribution in [0.4, 0.5) is 11.4 Å². The van der Waals surface area contributed by atoms with Crippen LogP contribution in [0.2, 0.25) is 0 Å². The van der Waals surface area contributed by atoms with Gasteiger partial charge in [0.25, 0.3) is 5.69 Å². The van der Waals surface area contributed by atoms with Gasteiger partial charge in [0.2, 0.25) is 0 Å². The second kappa shape index (κ2) is 4.56. The Balaban J connectivity index is 2.37. The summed E-state index contributed by atoms with van der Waals surface area (Å²) in [6.45, 7) is 0. The van der Waals surface area contributed by atoms with Crippen LogP contribution in [0.3, 0.4) is 0 Å². The van der Waals surface area contributed by atoms with Crippen LogP contribution in [0.1, 0.15) is 19.3 Å². The highest BCUT2D eigenvalue weighted by molar-refractivity contribution is 7.90. The summed E-state index contributed by atoms with van der Waals surface area (Å²) in [6.07, 6.45) is 4.13. The van der Waals surface area contributed by atoms with E-state index in [1.165, 1.54) is 12.1 Å². The van der Waals surface area contributed by atoms with Crippen LogP contribution in [0.15, 0.2) is 23.1 Å². The Hall–Kier alpha value is -1.63. The first-order chi connectivity index (χ1) is 8.38. The Labute approximate surface area is 105 Å².